The van der Waals surface area contributed by atoms with Gasteiger partial charge < -0.3 is 5.32 Å². The van der Waals surface area contributed by atoms with Crippen molar-refractivity contribution in [3.05, 3.63) is 18.0 Å². The SMILES string of the molecule is Cc1ccnn1C(C)C(=O)NC(C)C1CC2CCC1C2. The Labute approximate surface area is 120 Å². The molecule has 20 heavy (non-hydrogen) atoms. The molecule has 1 amide bonds. The van der Waals surface area contributed by atoms with Crippen LogP contribution in [0.3, 0.4) is 0 Å². The number of carbonyl (C=O) groups is 1. The Kier molecular flexibility index (Phi) is 3.57. The lowest BCUT2D eigenvalue weighted by Gasteiger charge is -2.29. The average Bonchev–Trinajstić information content (AvgIpc) is 3.13. The molecule has 1 aromatic heterocycles. The summed E-state index contributed by atoms with van der Waals surface area (Å²) in [6, 6.07) is 1.99. The molecule has 2 aliphatic carbocycles. The molecule has 1 N–H and O–H groups in total. The summed E-state index contributed by atoms with van der Waals surface area (Å²) < 4.78 is 1.79. The van der Waals surface area contributed by atoms with E-state index in [2.05, 4.69) is 17.3 Å². The number of nitrogens with one attached hydrogen (secondary N) is 1. The van der Waals surface area contributed by atoms with Gasteiger partial charge in [0.25, 0.3) is 0 Å². The van der Waals surface area contributed by atoms with E-state index >= 15 is 0 Å². The van der Waals surface area contributed by atoms with Crippen molar-refractivity contribution in [2.45, 2.75) is 58.5 Å². The third kappa shape index (κ3) is 2.36. The number of fused-ring (bicyclic) bond motifs is 2. The summed E-state index contributed by atoms with van der Waals surface area (Å²) in [5.74, 6) is 2.54. The first-order chi connectivity index (χ1) is 9.56. The van der Waals surface area contributed by atoms with Crippen LogP contribution in [0, 0.1) is 24.7 Å². The highest BCUT2D eigenvalue weighted by molar-refractivity contribution is 5.80. The van der Waals surface area contributed by atoms with Gasteiger partial charge >= 0.3 is 0 Å². The molecule has 2 bridgehead atoms. The Bertz CT molecular complexity index is 496. The molecule has 110 valence electrons. The van der Waals surface area contributed by atoms with Crippen molar-refractivity contribution in [3.63, 3.8) is 0 Å². The summed E-state index contributed by atoms with van der Waals surface area (Å²) >= 11 is 0. The van der Waals surface area contributed by atoms with Gasteiger partial charge in [0.1, 0.15) is 6.04 Å². The highest BCUT2D eigenvalue weighted by Crippen LogP contribution is 2.49. The van der Waals surface area contributed by atoms with Gasteiger partial charge in [0.15, 0.2) is 0 Å². The summed E-state index contributed by atoms with van der Waals surface area (Å²) in [4.78, 5) is 12.4. The van der Waals surface area contributed by atoms with Crippen LogP contribution >= 0.6 is 0 Å². The minimum atomic E-state index is -0.231. The highest BCUT2D eigenvalue weighted by atomic mass is 16.2. The second kappa shape index (κ2) is 5.23. The quantitative estimate of drug-likeness (QED) is 0.918. The van der Waals surface area contributed by atoms with Crippen molar-refractivity contribution < 1.29 is 4.79 Å². The predicted octanol–water partition coefficient (Wildman–Crippen LogP) is 2.69. The number of aryl methyl sites for hydroxylation is 1. The maximum absolute atomic E-state index is 12.4. The molecule has 4 heteroatoms. The number of aromatic nitrogens is 2. The van der Waals surface area contributed by atoms with Crippen molar-refractivity contribution in [2.24, 2.45) is 17.8 Å². The molecule has 1 aromatic rings. The smallest absolute Gasteiger partial charge is 0.244 e. The summed E-state index contributed by atoms with van der Waals surface area (Å²) in [6.07, 6.45) is 7.21. The van der Waals surface area contributed by atoms with Crippen molar-refractivity contribution >= 4 is 5.91 Å². The number of rotatable bonds is 4. The van der Waals surface area contributed by atoms with Crippen LogP contribution in [0.1, 0.15) is 51.3 Å². The van der Waals surface area contributed by atoms with E-state index < -0.39 is 0 Å². The zero-order valence-corrected chi connectivity index (χ0v) is 12.7. The minimum absolute atomic E-state index is 0.0899. The summed E-state index contributed by atoms with van der Waals surface area (Å²) in [5.41, 5.74) is 1.03. The van der Waals surface area contributed by atoms with E-state index in [9.17, 15) is 4.79 Å². The van der Waals surface area contributed by atoms with E-state index in [0.29, 0.717) is 5.92 Å². The molecular weight excluding hydrogens is 250 g/mol. The fourth-order valence-corrected chi connectivity index (χ4v) is 4.26. The molecule has 5 atom stereocenters. The Balaban J connectivity index is 1.60. The molecule has 5 unspecified atom stereocenters. The van der Waals surface area contributed by atoms with Crippen LogP contribution in [0.25, 0.3) is 0 Å². The molecule has 2 aliphatic rings. The van der Waals surface area contributed by atoms with Crippen LogP contribution in [-0.4, -0.2) is 21.7 Å². The number of hydrogen-bond acceptors (Lipinski definition) is 2. The molecule has 2 fully saturated rings. The van der Waals surface area contributed by atoms with Gasteiger partial charge in [-0.15, -0.1) is 0 Å². The molecule has 3 rings (SSSR count). The van der Waals surface area contributed by atoms with Crippen LogP contribution in [0.2, 0.25) is 0 Å². The second-order valence-corrected chi connectivity index (χ2v) is 6.73. The minimum Gasteiger partial charge on any atom is -0.352 e. The van der Waals surface area contributed by atoms with Gasteiger partial charge in [0.05, 0.1) is 0 Å². The Morgan fingerprint density at radius 3 is 2.75 bits per heavy atom. The van der Waals surface area contributed by atoms with E-state index in [4.69, 9.17) is 0 Å². The van der Waals surface area contributed by atoms with Gasteiger partial charge in [-0.1, -0.05) is 6.42 Å². The second-order valence-electron chi connectivity index (χ2n) is 6.73. The summed E-state index contributed by atoms with van der Waals surface area (Å²) in [5, 5.41) is 7.46. The van der Waals surface area contributed by atoms with Crippen LogP contribution < -0.4 is 5.32 Å². The van der Waals surface area contributed by atoms with Crippen LogP contribution in [-0.2, 0) is 4.79 Å². The zero-order chi connectivity index (χ0) is 14.3. The fourth-order valence-electron chi connectivity index (χ4n) is 4.26. The first kappa shape index (κ1) is 13.7. The molecule has 0 saturated heterocycles. The first-order valence-corrected chi connectivity index (χ1v) is 7.86. The van der Waals surface area contributed by atoms with E-state index in [1.54, 1.807) is 10.9 Å². The summed E-state index contributed by atoms with van der Waals surface area (Å²) in [7, 11) is 0. The molecular formula is C16H25N3O. The third-order valence-electron chi connectivity index (χ3n) is 5.42. The average molecular weight is 275 g/mol. The van der Waals surface area contributed by atoms with Gasteiger partial charge in [0, 0.05) is 17.9 Å². The number of amides is 1. The number of carbonyl (C=O) groups excluding carboxylic acids is 1. The lowest BCUT2D eigenvalue weighted by Crippen LogP contribution is -2.43. The third-order valence-corrected chi connectivity index (χ3v) is 5.42. The maximum Gasteiger partial charge on any atom is 0.244 e. The standard InChI is InChI=1S/C16H25N3O/c1-10-6-7-17-19(10)12(3)16(20)18-11(2)15-9-13-4-5-14(15)8-13/h6-7,11-15H,4-5,8-9H2,1-3H3,(H,18,20). The van der Waals surface area contributed by atoms with E-state index in [0.717, 1.165) is 17.5 Å². The Hall–Kier alpha value is -1.32. The van der Waals surface area contributed by atoms with E-state index in [-0.39, 0.29) is 18.0 Å². The lowest BCUT2D eigenvalue weighted by atomic mass is 9.84. The molecule has 0 radical (unpaired) electrons. The van der Waals surface area contributed by atoms with Gasteiger partial charge in [-0.3, -0.25) is 9.48 Å². The number of nitrogens with zero attached hydrogens (tertiary/aromatic N) is 2. The van der Waals surface area contributed by atoms with Gasteiger partial charge in [-0.25, -0.2) is 0 Å². The van der Waals surface area contributed by atoms with Crippen molar-refractivity contribution in [2.75, 3.05) is 0 Å². The largest absolute Gasteiger partial charge is 0.352 e. The summed E-state index contributed by atoms with van der Waals surface area (Å²) in [6.45, 7) is 6.07. The van der Waals surface area contributed by atoms with Crippen LogP contribution in [0.5, 0.6) is 0 Å². The van der Waals surface area contributed by atoms with E-state index in [1.165, 1.54) is 25.7 Å². The molecule has 0 aliphatic heterocycles. The van der Waals surface area contributed by atoms with Crippen LogP contribution in [0.15, 0.2) is 12.3 Å². The van der Waals surface area contributed by atoms with Gasteiger partial charge in [-0.2, -0.15) is 5.10 Å². The van der Waals surface area contributed by atoms with Gasteiger partial charge in [-0.05, 0) is 63.9 Å². The Morgan fingerprint density at radius 1 is 1.40 bits per heavy atom. The van der Waals surface area contributed by atoms with Crippen molar-refractivity contribution in [3.8, 4) is 0 Å². The zero-order valence-electron chi connectivity index (χ0n) is 12.7. The monoisotopic (exact) mass is 275 g/mol. The fraction of sp³-hybridized carbons (Fsp3) is 0.750. The van der Waals surface area contributed by atoms with Gasteiger partial charge in [0.2, 0.25) is 5.91 Å². The van der Waals surface area contributed by atoms with Crippen molar-refractivity contribution in [1.82, 2.24) is 15.1 Å². The molecule has 4 nitrogen and oxygen atoms in total. The highest BCUT2D eigenvalue weighted by Gasteiger charge is 2.42. The molecule has 1 heterocycles. The lowest BCUT2D eigenvalue weighted by molar-refractivity contribution is -0.125. The maximum atomic E-state index is 12.4. The van der Waals surface area contributed by atoms with Crippen molar-refractivity contribution in [1.29, 1.82) is 0 Å². The van der Waals surface area contributed by atoms with Crippen LogP contribution in [0.4, 0.5) is 0 Å². The molecule has 0 aromatic carbocycles. The topological polar surface area (TPSA) is 46.9 Å². The van der Waals surface area contributed by atoms with E-state index in [1.807, 2.05) is 19.9 Å². The first-order valence-electron chi connectivity index (χ1n) is 7.86. The number of hydrogen-bond donors (Lipinski definition) is 1. The predicted molar refractivity (Wildman–Crippen MR) is 78.2 cm³/mol. The Morgan fingerprint density at radius 2 is 2.20 bits per heavy atom. The normalized spacial score (nSPS) is 31.2. The molecule has 0 spiro atoms. The molecule has 2 saturated carbocycles.